The minimum Gasteiger partial charge on any atom is -0.466 e. The van der Waals surface area contributed by atoms with Crippen LogP contribution in [0.4, 0.5) is 0 Å². The quantitative estimate of drug-likeness (QED) is 0.576. The Labute approximate surface area is 117 Å². The van der Waals surface area contributed by atoms with Gasteiger partial charge in [0.1, 0.15) is 0 Å². The maximum absolute atomic E-state index is 11.8. The number of thiophene rings is 1. The third-order valence-electron chi connectivity index (χ3n) is 2.51. The first kappa shape index (κ1) is 15.7. The van der Waals surface area contributed by atoms with E-state index in [-0.39, 0.29) is 24.8 Å². The van der Waals surface area contributed by atoms with Crippen LogP contribution in [0.1, 0.15) is 18.9 Å². The van der Waals surface area contributed by atoms with E-state index in [1.165, 1.54) is 0 Å². The normalized spacial score (nSPS) is 10.2. The molecule has 0 aliphatic heterocycles. The van der Waals surface area contributed by atoms with Gasteiger partial charge in [0.2, 0.25) is 5.91 Å². The molecule has 106 valence electrons. The number of likely N-dealkylation sites (N-methyl/N-ethyl adjacent to an activating group) is 1. The number of rotatable bonds is 8. The molecule has 0 saturated carbocycles. The molecule has 0 radical (unpaired) electrons. The van der Waals surface area contributed by atoms with Crippen molar-refractivity contribution in [1.82, 2.24) is 10.2 Å². The second kappa shape index (κ2) is 8.66. The summed E-state index contributed by atoms with van der Waals surface area (Å²) >= 11 is 1.62. The Hall–Kier alpha value is -1.40. The molecule has 0 aromatic carbocycles. The average Bonchev–Trinajstić information content (AvgIpc) is 2.87. The molecule has 0 atom stereocenters. The molecule has 0 aliphatic rings. The molecule has 1 N–H and O–H groups in total. The summed E-state index contributed by atoms with van der Waals surface area (Å²) in [6.07, 6.45) is 0.287. The van der Waals surface area contributed by atoms with E-state index in [2.05, 4.69) is 5.32 Å². The Morgan fingerprint density at radius 3 is 2.89 bits per heavy atom. The van der Waals surface area contributed by atoms with Crippen molar-refractivity contribution in [3.8, 4) is 0 Å². The van der Waals surface area contributed by atoms with Crippen LogP contribution in [0.25, 0.3) is 0 Å². The number of nitrogens with one attached hydrogen (secondary N) is 1. The van der Waals surface area contributed by atoms with Crippen molar-refractivity contribution in [2.24, 2.45) is 0 Å². The van der Waals surface area contributed by atoms with E-state index < -0.39 is 0 Å². The molecular formula is C13H20N2O3S. The van der Waals surface area contributed by atoms with Gasteiger partial charge in [0.25, 0.3) is 0 Å². The molecule has 0 aliphatic carbocycles. The molecular weight excluding hydrogens is 264 g/mol. The molecule has 19 heavy (non-hydrogen) atoms. The van der Waals surface area contributed by atoms with Crippen molar-refractivity contribution in [2.45, 2.75) is 19.9 Å². The first-order chi connectivity index (χ1) is 9.13. The van der Waals surface area contributed by atoms with Gasteiger partial charge in [-0.2, -0.15) is 11.3 Å². The maximum atomic E-state index is 11.8. The molecule has 0 bridgehead atoms. The van der Waals surface area contributed by atoms with Gasteiger partial charge in [-0.05, 0) is 29.3 Å². The van der Waals surface area contributed by atoms with Gasteiger partial charge in [-0.3, -0.25) is 9.59 Å². The molecule has 1 rings (SSSR count). The van der Waals surface area contributed by atoms with Crippen LogP contribution in [0, 0.1) is 0 Å². The van der Waals surface area contributed by atoms with Gasteiger partial charge in [-0.15, -0.1) is 0 Å². The highest BCUT2D eigenvalue weighted by atomic mass is 32.1. The Morgan fingerprint density at radius 2 is 2.26 bits per heavy atom. The number of esters is 1. The summed E-state index contributed by atoms with van der Waals surface area (Å²) in [5.74, 6) is -0.232. The molecule has 1 aromatic rings. The van der Waals surface area contributed by atoms with E-state index in [1.54, 1.807) is 30.2 Å². The summed E-state index contributed by atoms with van der Waals surface area (Å²) in [4.78, 5) is 24.5. The summed E-state index contributed by atoms with van der Waals surface area (Å²) in [6.45, 7) is 3.47. The van der Waals surface area contributed by atoms with Gasteiger partial charge in [-0.1, -0.05) is 0 Å². The number of carbonyl (C=O) groups excluding carboxylic acids is 2. The van der Waals surface area contributed by atoms with Crippen LogP contribution in [0.3, 0.4) is 0 Å². The van der Waals surface area contributed by atoms with Gasteiger partial charge in [0.15, 0.2) is 0 Å². The molecule has 1 aromatic heterocycles. The SMILES string of the molecule is CCOC(=O)CCNCC(=O)N(C)Cc1ccsc1. The number of carbonyl (C=O) groups is 2. The summed E-state index contributed by atoms with van der Waals surface area (Å²) in [7, 11) is 1.77. The lowest BCUT2D eigenvalue weighted by Crippen LogP contribution is -2.35. The summed E-state index contributed by atoms with van der Waals surface area (Å²) < 4.78 is 4.79. The molecule has 0 saturated heterocycles. The fourth-order valence-corrected chi connectivity index (χ4v) is 2.16. The second-order valence-corrected chi connectivity index (χ2v) is 4.89. The molecule has 5 nitrogen and oxygen atoms in total. The van der Waals surface area contributed by atoms with Gasteiger partial charge in [0, 0.05) is 20.1 Å². The highest BCUT2D eigenvalue weighted by Gasteiger charge is 2.09. The smallest absolute Gasteiger partial charge is 0.307 e. The van der Waals surface area contributed by atoms with Crippen LogP contribution in [0.5, 0.6) is 0 Å². The highest BCUT2D eigenvalue weighted by Crippen LogP contribution is 2.08. The van der Waals surface area contributed by atoms with Crippen molar-refractivity contribution in [1.29, 1.82) is 0 Å². The Morgan fingerprint density at radius 1 is 1.47 bits per heavy atom. The van der Waals surface area contributed by atoms with Crippen LogP contribution in [-0.2, 0) is 20.9 Å². The maximum Gasteiger partial charge on any atom is 0.307 e. The number of nitrogens with zero attached hydrogens (tertiary/aromatic N) is 1. The summed E-state index contributed by atoms with van der Waals surface area (Å²) in [5, 5.41) is 6.96. The lowest BCUT2D eigenvalue weighted by molar-refractivity contribution is -0.143. The predicted molar refractivity (Wildman–Crippen MR) is 74.9 cm³/mol. The third-order valence-corrected chi connectivity index (χ3v) is 3.25. The fraction of sp³-hybridized carbons (Fsp3) is 0.538. The molecule has 6 heteroatoms. The van der Waals surface area contributed by atoms with Crippen molar-refractivity contribution in [3.63, 3.8) is 0 Å². The van der Waals surface area contributed by atoms with Crippen LogP contribution >= 0.6 is 11.3 Å². The molecule has 0 spiro atoms. The van der Waals surface area contributed by atoms with Gasteiger partial charge >= 0.3 is 5.97 Å². The number of hydrogen-bond donors (Lipinski definition) is 1. The van der Waals surface area contributed by atoms with Gasteiger partial charge < -0.3 is 15.0 Å². The number of amides is 1. The van der Waals surface area contributed by atoms with Crippen LogP contribution in [0.2, 0.25) is 0 Å². The van der Waals surface area contributed by atoms with Crippen molar-refractivity contribution >= 4 is 23.2 Å². The standard InChI is InChI=1S/C13H20N2O3S/c1-3-18-13(17)4-6-14-8-12(16)15(2)9-11-5-7-19-10-11/h5,7,10,14H,3-4,6,8-9H2,1-2H3. The van der Waals surface area contributed by atoms with E-state index >= 15 is 0 Å². The van der Waals surface area contributed by atoms with E-state index in [0.717, 1.165) is 5.56 Å². The zero-order chi connectivity index (χ0) is 14.1. The molecule has 1 amide bonds. The summed E-state index contributed by atoms with van der Waals surface area (Å²) in [6, 6.07) is 2.00. The van der Waals surface area contributed by atoms with E-state index in [4.69, 9.17) is 4.74 Å². The Bertz CT molecular complexity index is 393. The zero-order valence-corrected chi connectivity index (χ0v) is 12.2. The topological polar surface area (TPSA) is 58.6 Å². The third kappa shape index (κ3) is 6.35. The zero-order valence-electron chi connectivity index (χ0n) is 11.3. The van der Waals surface area contributed by atoms with Crippen molar-refractivity contribution < 1.29 is 14.3 Å². The Balaban J connectivity index is 2.15. The fourth-order valence-electron chi connectivity index (χ4n) is 1.50. The lowest BCUT2D eigenvalue weighted by Gasteiger charge is -2.16. The molecule has 0 fully saturated rings. The highest BCUT2D eigenvalue weighted by molar-refractivity contribution is 7.07. The van der Waals surface area contributed by atoms with E-state index in [9.17, 15) is 9.59 Å². The largest absolute Gasteiger partial charge is 0.466 e. The monoisotopic (exact) mass is 284 g/mol. The number of hydrogen-bond acceptors (Lipinski definition) is 5. The van der Waals surface area contributed by atoms with Gasteiger partial charge in [-0.25, -0.2) is 0 Å². The van der Waals surface area contributed by atoms with Crippen LogP contribution in [-0.4, -0.2) is 43.5 Å². The van der Waals surface area contributed by atoms with E-state index in [1.807, 2.05) is 16.8 Å². The lowest BCUT2D eigenvalue weighted by atomic mass is 10.3. The minimum absolute atomic E-state index is 0.00931. The van der Waals surface area contributed by atoms with Crippen LogP contribution < -0.4 is 5.32 Å². The van der Waals surface area contributed by atoms with Crippen molar-refractivity contribution in [3.05, 3.63) is 22.4 Å². The average molecular weight is 284 g/mol. The second-order valence-electron chi connectivity index (χ2n) is 4.11. The predicted octanol–water partition coefficient (Wildman–Crippen LogP) is 1.25. The molecule has 0 unspecified atom stereocenters. The minimum atomic E-state index is -0.242. The first-order valence-electron chi connectivity index (χ1n) is 6.25. The van der Waals surface area contributed by atoms with Crippen LogP contribution in [0.15, 0.2) is 16.8 Å². The number of ether oxygens (including phenoxy) is 1. The molecule has 1 heterocycles. The summed E-state index contributed by atoms with van der Waals surface area (Å²) in [5.41, 5.74) is 1.13. The van der Waals surface area contributed by atoms with Gasteiger partial charge in [0.05, 0.1) is 19.6 Å². The van der Waals surface area contributed by atoms with E-state index in [0.29, 0.717) is 19.7 Å². The van der Waals surface area contributed by atoms with Crippen molar-refractivity contribution in [2.75, 3.05) is 26.7 Å². The Kier molecular flexibility index (Phi) is 7.14. The first-order valence-corrected chi connectivity index (χ1v) is 7.19.